The van der Waals surface area contributed by atoms with Crippen molar-refractivity contribution >= 4 is 5.82 Å². The molecule has 0 aliphatic carbocycles. The van der Waals surface area contributed by atoms with Crippen molar-refractivity contribution in [1.82, 2.24) is 9.97 Å². The maximum Gasteiger partial charge on any atom is 0.147 e. The lowest BCUT2D eigenvalue weighted by molar-refractivity contribution is 0.414. The SMILES string of the molecule is COc1cccc(CCNc2nc(C)cnc2C)c1. The first-order valence-corrected chi connectivity index (χ1v) is 6.36. The highest BCUT2D eigenvalue weighted by Crippen LogP contribution is 2.13. The van der Waals surface area contributed by atoms with Gasteiger partial charge < -0.3 is 10.1 Å². The molecule has 0 fully saturated rings. The Bertz CT molecular complexity index is 555. The minimum atomic E-state index is 0.826. The number of hydrogen-bond donors (Lipinski definition) is 1. The molecule has 0 spiro atoms. The number of hydrogen-bond acceptors (Lipinski definition) is 4. The van der Waals surface area contributed by atoms with E-state index in [9.17, 15) is 0 Å². The molecular formula is C15H19N3O. The van der Waals surface area contributed by atoms with Crippen LogP contribution < -0.4 is 10.1 Å². The number of aryl methyl sites for hydroxylation is 2. The van der Waals surface area contributed by atoms with E-state index in [-0.39, 0.29) is 0 Å². The zero-order valence-corrected chi connectivity index (χ0v) is 11.6. The average Bonchev–Trinajstić information content (AvgIpc) is 2.43. The third-order valence-corrected chi connectivity index (χ3v) is 2.92. The Kier molecular flexibility index (Phi) is 4.34. The molecule has 0 aliphatic heterocycles. The van der Waals surface area contributed by atoms with Gasteiger partial charge in [-0.2, -0.15) is 0 Å². The smallest absolute Gasteiger partial charge is 0.147 e. The normalized spacial score (nSPS) is 10.3. The first-order valence-electron chi connectivity index (χ1n) is 6.36. The topological polar surface area (TPSA) is 47.0 Å². The predicted molar refractivity (Wildman–Crippen MR) is 76.7 cm³/mol. The van der Waals surface area contributed by atoms with Crippen LogP contribution in [0.2, 0.25) is 0 Å². The van der Waals surface area contributed by atoms with Crippen molar-refractivity contribution in [2.45, 2.75) is 20.3 Å². The number of nitrogens with zero attached hydrogens (tertiary/aromatic N) is 2. The van der Waals surface area contributed by atoms with Gasteiger partial charge in [0, 0.05) is 12.7 Å². The fourth-order valence-electron chi connectivity index (χ4n) is 1.86. The van der Waals surface area contributed by atoms with E-state index < -0.39 is 0 Å². The van der Waals surface area contributed by atoms with Gasteiger partial charge in [-0.3, -0.25) is 4.98 Å². The van der Waals surface area contributed by atoms with E-state index in [1.807, 2.05) is 26.0 Å². The fraction of sp³-hybridized carbons (Fsp3) is 0.333. The molecule has 0 radical (unpaired) electrons. The molecule has 0 aliphatic rings. The monoisotopic (exact) mass is 257 g/mol. The summed E-state index contributed by atoms with van der Waals surface area (Å²) in [5, 5.41) is 3.33. The van der Waals surface area contributed by atoms with Gasteiger partial charge in [0.05, 0.1) is 18.5 Å². The molecule has 0 amide bonds. The summed E-state index contributed by atoms with van der Waals surface area (Å²) in [6, 6.07) is 8.11. The van der Waals surface area contributed by atoms with Crippen LogP contribution in [0.15, 0.2) is 30.5 Å². The molecule has 4 heteroatoms. The van der Waals surface area contributed by atoms with Crippen molar-refractivity contribution < 1.29 is 4.74 Å². The maximum absolute atomic E-state index is 5.21. The number of methoxy groups -OCH3 is 1. The average molecular weight is 257 g/mol. The summed E-state index contributed by atoms with van der Waals surface area (Å²) in [5.41, 5.74) is 3.09. The molecule has 1 N–H and O–H groups in total. The van der Waals surface area contributed by atoms with Crippen LogP contribution in [0.5, 0.6) is 5.75 Å². The van der Waals surface area contributed by atoms with Crippen molar-refractivity contribution in [3.8, 4) is 5.75 Å². The molecule has 19 heavy (non-hydrogen) atoms. The van der Waals surface area contributed by atoms with Crippen molar-refractivity contribution in [2.75, 3.05) is 19.0 Å². The molecule has 2 rings (SSSR count). The summed E-state index contributed by atoms with van der Waals surface area (Å²) >= 11 is 0. The van der Waals surface area contributed by atoms with Crippen molar-refractivity contribution in [3.63, 3.8) is 0 Å². The minimum absolute atomic E-state index is 0.826. The molecule has 0 saturated carbocycles. The first kappa shape index (κ1) is 13.3. The zero-order chi connectivity index (χ0) is 13.7. The standard InChI is InChI=1S/C15H19N3O/c1-11-10-17-12(2)15(18-11)16-8-7-13-5-4-6-14(9-13)19-3/h4-6,9-10H,7-8H2,1-3H3,(H,16,18). The highest BCUT2D eigenvalue weighted by atomic mass is 16.5. The second kappa shape index (κ2) is 6.18. The van der Waals surface area contributed by atoms with Gasteiger partial charge in [-0.05, 0) is 38.0 Å². The summed E-state index contributed by atoms with van der Waals surface area (Å²) in [5.74, 6) is 1.76. The Morgan fingerprint density at radius 2 is 2.11 bits per heavy atom. The van der Waals surface area contributed by atoms with Crippen LogP contribution in [0.25, 0.3) is 0 Å². The second-order valence-corrected chi connectivity index (χ2v) is 4.47. The third-order valence-electron chi connectivity index (χ3n) is 2.92. The Morgan fingerprint density at radius 1 is 1.26 bits per heavy atom. The number of rotatable bonds is 5. The van der Waals surface area contributed by atoms with E-state index >= 15 is 0 Å². The van der Waals surface area contributed by atoms with Crippen molar-refractivity contribution in [2.24, 2.45) is 0 Å². The lowest BCUT2D eigenvalue weighted by Crippen LogP contribution is -2.09. The summed E-state index contributed by atoms with van der Waals surface area (Å²) in [6.07, 6.45) is 2.70. The first-order chi connectivity index (χ1) is 9.19. The Balaban J connectivity index is 1.94. The van der Waals surface area contributed by atoms with E-state index in [4.69, 9.17) is 4.74 Å². The summed E-state index contributed by atoms with van der Waals surface area (Å²) in [6.45, 7) is 4.73. The Hall–Kier alpha value is -2.10. The molecule has 1 aromatic heterocycles. The minimum Gasteiger partial charge on any atom is -0.497 e. The summed E-state index contributed by atoms with van der Waals surface area (Å²) in [4.78, 5) is 8.73. The molecule has 100 valence electrons. The number of benzene rings is 1. The highest BCUT2D eigenvalue weighted by molar-refractivity contribution is 5.40. The number of nitrogens with one attached hydrogen (secondary N) is 1. The summed E-state index contributed by atoms with van der Waals surface area (Å²) < 4.78 is 5.21. The second-order valence-electron chi connectivity index (χ2n) is 4.47. The number of ether oxygens (including phenoxy) is 1. The molecule has 0 saturated heterocycles. The summed E-state index contributed by atoms with van der Waals surface area (Å²) in [7, 11) is 1.68. The van der Waals surface area contributed by atoms with Gasteiger partial charge in [-0.15, -0.1) is 0 Å². The van der Waals surface area contributed by atoms with Crippen LogP contribution in [0.3, 0.4) is 0 Å². The van der Waals surface area contributed by atoms with Gasteiger partial charge >= 0.3 is 0 Å². The number of anilines is 1. The van der Waals surface area contributed by atoms with Gasteiger partial charge in [0.2, 0.25) is 0 Å². The lowest BCUT2D eigenvalue weighted by atomic mass is 10.1. The lowest BCUT2D eigenvalue weighted by Gasteiger charge is -2.09. The van der Waals surface area contributed by atoms with Crippen LogP contribution >= 0.6 is 0 Å². The van der Waals surface area contributed by atoms with Gasteiger partial charge in [0.1, 0.15) is 11.6 Å². The van der Waals surface area contributed by atoms with Gasteiger partial charge in [0.15, 0.2) is 0 Å². The largest absolute Gasteiger partial charge is 0.497 e. The van der Waals surface area contributed by atoms with Crippen LogP contribution in [0.1, 0.15) is 17.0 Å². The molecule has 0 bridgehead atoms. The molecule has 4 nitrogen and oxygen atoms in total. The van der Waals surface area contributed by atoms with Crippen LogP contribution in [0, 0.1) is 13.8 Å². The van der Waals surface area contributed by atoms with Gasteiger partial charge in [-0.1, -0.05) is 12.1 Å². The van der Waals surface area contributed by atoms with E-state index in [1.165, 1.54) is 5.56 Å². The van der Waals surface area contributed by atoms with Crippen molar-refractivity contribution in [3.05, 3.63) is 47.4 Å². The zero-order valence-electron chi connectivity index (χ0n) is 11.6. The van der Waals surface area contributed by atoms with E-state index in [1.54, 1.807) is 13.3 Å². The van der Waals surface area contributed by atoms with E-state index in [0.717, 1.165) is 35.9 Å². The van der Waals surface area contributed by atoms with Crippen LogP contribution in [-0.2, 0) is 6.42 Å². The molecule has 2 aromatic rings. The Morgan fingerprint density at radius 3 is 2.89 bits per heavy atom. The molecule has 1 heterocycles. The predicted octanol–water partition coefficient (Wildman–Crippen LogP) is 2.76. The number of aromatic nitrogens is 2. The quantitative estimate of drug-likeness (QED) is 0.894. The molecule has 1 aromatic carbocycles. The van der Waals surface area contributed by atoms with Gasteiger partial charge in [0.25, 0.3) is 0 Å². The van der Waals surface area contributed by atoms with Crippen LogP contribution in [-0.4, -0.2) is 23.6 Å². The van der Waals surface area contributed by atoms with E-state index in [0.29, 0.717) is 0 Å². The highest BCUT2D eigenvalue weighted by Gasteiger charge is 2.01. The molecule has 0 unspecified atom stereocenters. The van der Waals surface area contributed by atoms with Gasteiger partial charge in [-0.25, -0.2) is 4.98 Å². The maximum atomic E-state index is 5.21. The van der Waals surface area contributed by atoms with Crippen molar-refractivity contribution in [1.29, 1.82) is 0 Å². The van der Waals surface area contributed by atoms with Crippen LogP contribution in [0.4, 0.5) is 5.82 Å². The third kappa shape index (κ3) is 3.68. The fourth-order valence-corrected chi connectivity index (χ4v) is 1.86. The van der Waals surface area contributed by atoms with E-state index in [2.05, 4.69) is 27.4 Å². The Labute approximate surface area is 113 Å². The molecular weight excluding hydrogens is 238 g/mol. The molecule has 0 atom stereocenters.